The SMILES string of the molecule is CCOC(=O)c1cc([C@H]2[C@H](O)[C@H](O)C[S+]2C)oc1C. The van der Waals surface area contributed by atoms with E-state index >= 15 is 0 Å². The van der Waals surface area contributed by atoms with E-state index in [1.165, 1.54) is 0 Å². The molecule has 0 radical (unpaired) electrons. The molecule has 1 aromatic rings. The van der Waals surface area contributed by atoms with E-state index in [2.05, 4.69) is 0 Å². The number of carbonyl (C=O) groups is 1. The molecular weight excluding hydrogens is 268 g/mol. The van der Waals surface area contributed by atoms with Gasteiger partial charge in [0.1, 0.15) is 29.3 Å². The zero-order valence-corrected chi connectivity index (χ0v) is 12.1. The summed E-state index contributed by atoms with van der Waals surface area (Å²) in [7, 11) is -0.180. The molecule has 1 aliphatic rings. The molecule has 0 amide bonds. The van der Waals surface area contributed by atoms with Crippen molar-refractivity contribution < 1.29 is 24.2 Å². The lowest BCUT2D eigenvalue weighted by molar-refractivity contribution is 0.0386. The summed E-state index contributed by atoms with van der Waals surface area (Å²) < 4.78 is 10.5. The molecule has 1 aromatic heterocycles. The van der Waals surface area contributed by atoms with Crippen LogP contribution in [-0.2, 0) is 15.6 Å². The maximum atomic E-state index is 11.7. The Morgan fingerprint density at radius 2 is 2.26 bits per heavy atom. The van der Waals surface area contributed by atoms with Gasteiger partial charge in [-0.15, -0.1) is 0 Å². The number of aryl methyl sites for hydroxylation is 1. The Kier molecular flexibility index (Phi) is 4.23. The van der Waals surface area contributed by atoms with Crippen molar-refractivity contribution in [1.82, 2.24) is 0 Å². The van der Waals surface area contributed by atoms with Crippen LogP contribution in [0.1, 0.15) is 34.1 Å². The number of ether oxygens (including phenoxy) is 1. The van der Waals surface area contributed by atoms with E-state index in [4.69, 9.17) is 9.15 Å². The van der Waals surface area contributed by atoms with Gasteiger partial charge >= 0.3 is 5.97 Å². The number of aliphatic hydroxyl groups is 2. The normalized spacial score (nSPS) is 30.6. The first kappa shape index (κ1) is 14.4. The second-order valence-electron chi connectivity index (χ2n) is 4.68. The van der Waals surface area contributed by atoms with Gasteiger partial charge in [-0.25, -0.2) is 4.79 Å². The minimum Gasteiger partial charge on any atom is -0.462 e. The van der Waals surface area contributed by atoms with E-state index in [1.54, 1.807) is 19.9 Å². The molecule has 0 saturated carbocycles. The molecule has 0 aliphatic carbocycles. The summed E-state index contributed by atoms with van der Waals surface area (Å²) in [6.45, 7) is 3.75. The van der Waals surface area contributed by atoms with Crippen LogP contribution in [0.15, 0.2) is 10.5 Å². The molecule has 2 rings (SSSR count). The lowest BCUT2D eigenvalue weighted by atomic mass is 10.1. The average molecular weight is 287 g/mol. The maximum Gasteiger partial charge on any atom is 0.341 e. The topological polar surface area (TPSA) is 79.9 Å². The Bertz CT molecular complexity index is 470. The average Bonchev–Trinajstić information content (AvgIpc) is 2.81. The number of esters is 1. The first-order valence-corrected chi connectivity index (χ1v) is 8.07. The summed E-state index contributed by atoms with van der Waals surface area (Å²) in [5.74, 6) is 1.17. The zero-order valence-electron chi connectivity index (χ0n) is 11.3. The highest BCUT2D eigenvalue weighted by molar-refractivity contribution is 7.96. The Morgan fingerprint density at radius 3 is 2.79 bits per heavy atom. The quantitative estimate of drug-likeness (QED) is 0.634. The van der Waals surface area contributed by atoms with Crippen LogP contribution in [0.25, 0.3) is 0 Å². The molecule has 1 saturated heterocycles. The third-order valence-corrected chi connectivity index (χ3v) is 5.53. The maximum absolute atomic E-state index is 11.7. The van der Waals surface area contributed by atoms with Gasteiger partial charge < -0.3 is 19.4 Å². The molecule has 2 N–H and O–H groups in total. The van der Waals surface area contributed by atoms with E-state index < -0.39 is 18.2 Å². The molecule has 2 heterocycles. The van der Waals surface area contributed by atoms with Crippen LogP contribution < -0.4 is 0 Å². The third-order valence-electron chi connectivity index (χ3n) is 3.28. The Labute approximate surface area is 114 Å². The van der Waals surface area contributed by atoms with Crippen molar-refractivity contribution >= 4 is 16.9 Å². The Morgan fingerprint density at radius 1 is 1.58 bits per heavy atom. The summed E-state index contributed by atoms with van der Waals surface area (Å²) in [6, 6.07) is 1.63. The van der Waals surface area contributed by atoms with Gasteiger partial charge in [-0.3, -0.25) is 0 Å². The number of aliphatic hydroxyl groups excluding tert-OH is 2. The molecule has 0 aromatic carbocycles. The summed E-state index contributed by atoms with van der Waals surface area (Å²) in [5, 5.41) is 19.4. The lowest BCUT2D eigenvalue weighted by Gasteiger charge is -2.09. The number of rotatable bonds is 3. The molecular formula is C13H19O5S+. The monoisotopic (exact) mass is 287 g/mol. The van der Waals surface area contributed by atoms with Gasteiger partial charge in [0.25, 0.3) is 0 Å². The summed E-state index contributed by atoms with van der Waals surface area (Å²) in [4.78, 5) is 11.7. The van der Waals surface area contributed by atoms with Gasteiger partial charge in [0, 0.05) is 10.9 Å². The minimum atomic E-state index is -0.839. The van der Waals surface area contributed by atoms with Crippen LogP contribution >= 0.6 is 0 Å². The Hall–Kier alpha value is -0.980. The van der Waals surface area contributed by atoms with Crippen molar-refractivity contribution in [2.24, 2.45) is 0 Å². The van der Waals surface area contributed by atoms with Crippen LogP contribution in [0, 0.1) is 6.92 Å². The molecule has 6 heteroatoms. The van der Waals surface area contributed by atoms with Crippen LogP contribution in [0.5, 0.6) is 0 Å². The number of carbonyl (C=O) groups excluding carboxylic acids is 1. The predicted octanol–water partition coefficient (Wildman–Crippen LogP) is 0.789. The molecule has 0 bridgehead atoms. The molecule has 106 valence electrons. The van der Waals surface area contributed by atoms with Crippen molar-refractivity contribution in [2.45, 2.75) is 31.3 Å². The van der Waals surface area contributed by atoms with E-state index in [-0.39, 0.29) is 16.1 Å². The van der Waals surface area contributed by atoms with Gasteiger partial charge in [0.15, 0.2) is 5.76 Å². The minimum absolute atomic E-state index is 0.180. The number of hydrogen-bond acceptors (Lipinski definition) is 5. The van der Waals surface area contributed by atoms with Gasteiger partial charge in [-0.05, 0) is 19.9 Å². The second-order valence-corrected chi connectivity index (χ2v) is 6.90. The van der Waals surface area contributed by atoms with E-state index in [0.29, 0.717) is 29.4 Å². The molecule has 1 fully saturated rings. The molecule has 1 aliphatic heterocycles. The number of hydrogen-bond donors (Lipinski definition) is 2. The second kappa shape index (κ2) is 5.56. The van der Waals surface area contributed by atoms with E-state index in [9.17, 15) is 15.0 Å². The highest BCUT2D eigenvalue weighted by atomic mass is 32.2. The molecule has 5 nitrogen and oxygen atoms in total. The van der Waals surface area contributed by atoms with Crippen LogP contribution in [0.4, 0.5) is 0 Å². The largest absolute Gasteiger partial charge is 0.462 e. The fourth-order valence-corrected chi connectivity index (χ4v) is 4.45. The third kappa shape index (κ3) is 2.66. The molecule has 19 heavy (non-hydrogen) atoms. The van der Waals surface area contributed by atoms with Crippen molar-refractivity contribution in [1.29, 1.82) is 0 Å². The predicted molar refractivity (Wildman–Crippen MR) is 72.3 cm³/mol. The number of furan rings is 1. The van der Waals surface area contributed by atoms with Gasteiger partial charge in [-0.1, -0.05) is 0 Å². The highest BCUT2D eigenvalue weighted by Crippen LogP contribution is 2.37. The fourth-order valence-electron chi connectivity index (χ4n) is 2.33. The highest BCUT2D eigenvalue weighted by Gasteiger charge is 2.50. The van der Waals surface area contributed by atoms with Crippen LogP contribution in [0.2, 0.25) is 0 Å². The van der Waals surface area contributed by atoms with Crippen molar-refractivity contribution in [3.8, 4) is 0 Å². The standard InChI is InChI=1S/C13H19O5S/c1-4-17-13(16)8-5-10(18-7(8)2)12-11(15)9(14)6-19(12)3/h5,9,11-12,14-15H,4,6H2,1-3H3/q+1/t9-,11-,12+,19?/m1/s1. The van der Waals surface area contributed by atoms with Crippen molar-refractivity contribution in [3.63, 3.8) is 0 Å². The van der Waals surface area contributed by atoms with Crippen molar-refractivity contribution in [2.75, 3.05) is 18.6 Å². The first-order chi connectivity index (χ1) is 8.95. The van der Waals surface area contributed by atoms with Crippen LogP contribution in [0.3, 0.4) is 0 Å². The van der Waals surface area contributed by atoms with Gasteiger partial charge in [-0.2, -0.15) is 0 Å². The van der Waals surface area contributed by atoms with E-state index in [0.717, 1.165) is 0 Å². The van der Waals surface area contributed by atoms with Gasteiger partial charge in [0.05, 0.1) is 12.9 Å². The summed E-state index contributed by atoms with van der Waals surface area (Å²) in [6.07, 6.45) is 0.412. The van der Waals surface area contributed by atoms with Crippen molar-refractivity contribution in [3.05, 3.63) is 23.2 Å². The fraction of sp³-hybridized carbons (Fsp3) is 0.615. The van der Waals surface area contributed by atoms with Crippen LogP contribution in [-0.4, -0.2) is 47.0 Å². The molecule has 1 unspecified atom stereocenters. The molecule has 4 atom stereocenters. The zero-order chi connectivity index (χ0) is 14.2. The Balaban J connectivity index is 2.27. The van der Waals surface area contributed by atoms with Gasteiger partial charge in [0.2, 0.25) is 5.25 Å². The lowest BCUT2D eigenvalue weighted by Crippen LogP contribution is -2.25. The summed E-state index contributed by atoms with van der Waals surface area (Å²) >= 11 is 0. The smallest absolute Gasteiger partial charge is 0.341 e. The first-order valence-electron chi connectivity index (χ1n) is 6.20. The molecule has 0 spiro atoms. The van der Waals surface area contributed by atoms with E-state index in [1.807, 2.05) is 6.26 Å². The summed E-state index contributed by atoms with van der Waals surface area (Å²) in [5.41, 5.74) is 0.391.